The van der Waals surface area contributed by atoms with Gasteiger partial charge in [-0.1, -0.05) is 6.07 Å². The van der Waals surface area contributed by atoms with E-state index in [1.807, 2.05) is 0 Å². The molecule has 0 heterocycles. The maximum Gasteiger partial charge on any atom is 0.415 e. The fourth-order valence-electron chi connectivity index (χ4n) is 2.44. The van der Waals surface area contributed by atoms with Crippen LogP contribution in [-0.4, -0.2) is 36.7 Å². The van der Waals surface area contributed by atoms with Crippen molar-refractivity contribution in [2.24, 2.45) is 0 Å². The molecule has 1 unspecified atom stereocenters. The van der Waals surface area contributed by atoms with E-state index >= 15 is 0 Å². The summed E-state index contributed by atoms with van der Waals surface area (Å²) >= 11 is 0. The summed E-state index contributed by atoms with van der Waals surface area (Å²) < 4.78 is 9.74. The number of hydrogen-bond acceptors (Lipinski definition) is 6. The first-order chi connectivity index (χ1) is 11.9. The Hall–Kier alpha value is -3.16. The molecular weight excluding hydrogens is 328 g/mol. The molecule has 0 aliphatic heterocycles. The van der Waals surface area contributed by atoms with Crippen LogP contribution < -0.4 is 4.90 Å². The van der Waals surface area contributed by atoms with E-state index in [4.69, 9.17) is 9.47 Å². The van der Waals surface area contributed by atoms with Crippen LogP contribution in [0.25, 0.3) is 10.8 Å². The molecule has 0 radical (unpaired) electrons. The van der Waals surface area contributed by atoms with Crippen molar-refractivity contribution >= 4 is 34.2 Å². The van der Waals surface area contributed by atoms with Crippen LogP contribution in [0.2, 0.25) is 0 Å². The molecule has 25 heavy (non-hydrogen) atoms. The average molecular weight is 346 g/mol. The van der Waals surface area contributed by atoms with Crippen LogP contribution in [0, 0.1) is 10.1 Å². The summed E-state index contributed by atoms with van der Waals surface area (Å²) in [5, 5.41) is 12.2. The number of methoxy groups -OCH3 is 1. The second-order valence-corrected chi connectivity index (χ2v) is 5.24. The fourth-order valence-corrected chi connectivity index (χ4v) is 2.44. The monoisotopic (exact) mass is 346 g/mol. The van der Waals surface area contributed by atoms with Crippen molar-refractivity contribution in [3.05, 3.63) is 46.5 Å². The van der Waals surface area contributed by atoms with Crippen LogP contribution in [0.1, 0.15) is 13.8 Å². The summed E-state index contributed by atoms with van der Waals surface area (Å²) in [7, 11) is 1.24. The van der Waals surface area contributed by atoms with Gasteiger partial charge in [-0.15, -0.1) is 0 Å². The predicted octanol–water partition coefficient (Wildman–Crippen LogP) is 3.27. The van der Waals surface area contributed by atoms with Crippen molar-refractivity contribution in [3.8, 4) is 0 Å². The maximum absolute atomic E-state index is 12.3. The normalized spacial score (nSPS) is 11.6. The predicted molar refractivity (Wildman–Crippen MR) is 91.6 cm³/mol. The highest BCUT2D eigenvalue weighted by Gasteiger charge is 2.29. The molecule has 0 aliphatic carbocycles. The standard InChI is InChI=1S/C17H18N2O6/c1-4-25-17(21)18(11(2)16(20)24-3)14-7-5-13-10-15(19(22)23)8-6-12(13)9-14/h5-11H,4H2,1-3H3. The number of hydrogen-bond donors (Lipinski definition) is 0. The zero-order valence-electron chi connectivity index (χ0n) is 14.1. The number of ether oxygens (including phenoxy) is 2. The number of amides is 1. The van der Waals surface area contributed by atoms with Gasteiger partial charge in [-0.05, 0) is 42.8 Å². The van der Waals surface area contributed by atoms with E-state index in [1.54, 1.807) is 31.2 Å². The van der Waals surface area contributed by atoms with E-state index in [2.05, 4.69) is 0 Å². The quantitative estimate of drug-likeness (QED) is 0.468. The summed E-state index contributed by atoms with van der Waals surface area (Å²) in [6.07, 6.45) is -0.679. The van der Waals surface area contributed by atoms with Gasteiger partial charge in [0.05, 0.1) is 18.6 Å². The zero-order chi connectivity index (χ0) is 18.6. The Morgan fingerprint density at radius 2 is 1.84 bits per heavy atom. The lowest BCUT2D eigenvalue weighted by molar-refractivity contribution is -0.384. The van der Waals surface area contributed by atoms with Crippen molar-refractivity contribution < 1.29 is 24.0 Å². The molecule has 1 amide bonds. The largest absolute Gasteiger partial charge is 0.467 e. The maximum atomic E-state index is 12.3. The molecule has 0 saturated heterocycles. The van der Waals surface area contributed by atoms with Crippen molar-refractivity contribution in [3.63, 3.8) is 0 Å². The molecule has 0 bridgehead atoms. The van der Waals surface area contributed by atoms with Gasteiger partial charge >= 0.3 is 12.1 Å². The lowest BCUT2D eigenvalue weighted by Gasteiger charge is -2.26. The summed E-state index contributed by atoms with van der Waals surface area (Å²) in [6, 6.07) is 8.43. The van der Waals surface area contributed by atoms with E-state index in [1.165, 1.54) is 31.1 Å². The van der Waals surface area contributed by atoms with Crippen LogP contribution in [-0.2, 0) is 14.3 Å². The van der Waals surface area contributed by atoms with Gasteiger partial charge < -0.3 is 9.47 Å². The molecule has 8 heteroatoms. The number of anilines is 1. The minimum atomic E-state index is -0.889. The summed E-state index contributed by atoms with van der Waals surface area (Å²) in [4.78, 5) is 35.7. The van der Waals surface area contributed by atoms with E-state index in [0.717, 1.165) is 0 Å². The molecule has 0 saturated carbocycles. The molecular formula is C17H18N2O6. The highest BCUT2D eigenvalue weighted by atomic mass is 16.6. The van der Waals surface area contributed by atoms with Gasteiger partial charge in [0.25, 0.3) is 5.69 Å². The second-order valence-electron chi connectivity index (χ2n) is 5.24. The lowest BCUT2D eigenvalue weighted by Crippen LogP contribution is -2.44. The number of nitro groups is 1. The van der Waals surface area contributed by atoms with Gasteiger partial charge in [0.1, 0.15) is 6.04 Å². The highest BCUT2D eigenvalue weighted by Crippen LogP contribution is 2.27. The van der Waals surface area contributed by atoms with Gasteiger partial charge in [0, 0.05) is 17.8 Å². The molecule has 8 nitrogen and oxygen atoms in total. The Kier molecular flexibility index (Phi) is 5.53. The minimum Gasteiger partial charge on any atom is -0.467 e. The van der Waals surface area contributed by atoms with Crippen molar-refractivity contribution in [2.45, 2.75) is 19.9 Å². The SMILES string of the molecule is CCOC(=O)N(c1ccc2cc([N+](=O)[O-])ccc2c1)C(C)C(=O)OC. The molecule has 0 spiro atoms. The smallest absolute Gasteiger partial charge is 0.415 e. The zero-order valence-corrected chi connectivity index (χ0v) is 14.1. The van der Waals surface area contributed by atoms with Crippen molar-refractivity contribution in [2.75, 3.05) is 18.6 Å². The highest BCUT2D eigenvalue weighted by molar-refractivity contribution is 5.98. The third-order valence-corrected chi connectivity index (χ3v) is 3.69. The summed E-state index contributed by atoms with van der Waals surface area (Å²) in [5.74, 6) is -0.586. The number of esters is 1. The number of nitrogens with zero attached hydrogens (tertiary/aromatic N) is 2. The molecule has 0 N–H and O–H groups in total. The Labute approximate surface area is 144 Å². The summed E-state index contributed by atoms with van der Waals surface area (Å²) in [6.45, 7) is 3.35. The van der Waals surface area contributed by atoms with E-state index < -0.39 is 23.0 Å². The van der Waals surface area contributed by atoms with Crippen LogP contribution in [0.4, 0.5) is 16.2 Å². The van der Waals surface area contributed by atoms with Crippen molar-refractivity contribution in [1.29, 1.82) is 0 Å². The number of carbonyl (C=O) groups is 2. The Morgan fingerprint density at radius 3 is 2.44 bits per heavy atom. The Bertz CT molecular complexity index is 820. The van der Waals surface area contributed by atoms with Crippen LogP contribution in [0.3, 0.4) is 0 Å². The molecule has 1 atom stereocenters. The van der Waals surface area contributed by atoms with E-state index in [9.17, 15) is 19.7 Å². The van der Waals surface area contributed by atoms with Gasteiger partial charge in [-0.3, -0.25) is 15.0 Å². The number of rotatable bonds is 5. The second kappa shape index (κ2) is 7.61. The Balaban J connectivity index is 2.49. The third kappa shape index (κ3) is 3.85. The Morgan fingerprint density at radius 1 is 1.20 bits per heavy atom. The van der Waals surface area contributed by atoms with Crippen LogP contribution in [0.5, 0.6) is 0 Å². The molecule has 0 aromatic heterocycles. The molecule has 2 aromatic rings. The number of non-ortho nitro benzene ring substituents is 1. The molecule has 0 fully saturated rings. The first kappa shape index (κ1) is 18.2. The molecule has 2 rings (SSSR count). The third-order valence-electron chi connectivity index (χ3n) is 3.69. The number of benzene rings is 2. The average Bonchev–Trinajstić information content (AvgIpc) is 2.60. The number of fused-ring (bicyclic) bond motifs is 1. The first-order valence-corrected chi connectivity index (χ1v) is 7.61. The van der Waals surface area contributed by atoms with Crippen molar-refractivity contribution in [1.82, 2.24) is 0 Å². The van der Waals surface area contributed by atoms with E-state index in [-0.39, 0.29) is 12.3 Å². The molecule has 0 aliphatic rings. The minimum absolute atomic E-state index is 0.0228. The van der Waals surface area contributed by atoms with Gasteiger partial charge in [0.2, 0.25) is 0 Å². The number of nitro benzene ring substituents is 1. The first-order valence-electron chi connectivity index (χ1n) is 7.61. The van der Waals surface area contributed by atoms with E-state index in [0.29, 0.717) is 16.5 Å². The van der Waals surface area contributed by atoms with Crippen LogP contribution in [0.15, 0.2) is 36.4 Å². The molecule has 2 aromatic carbocycles. The van der Waals surface area contributed by atoms with Gasteiger partial charge in [-0.2, -0.15) is 0 Å². The molecule has 132 valence electrons. The summed E-state index contributed by atoms with van der Waals surface area (Å²) in [5.41, 5.74) is 0.406. The van der Waals surface area contributed by atoms with Gasteiger partial charge in [0.15, 0.2) is 0 Å². The lowest BCUT2D eigenvalue weighted by atomic mass is 10.1. The number of carbonyl (C=O) groups excluding carboxylic acids is 2. The van der Waals surface area contributed by atoms with Gasteiger partial charge in [-0.25, -0.2) is 9.59 Å². The van der Waals surface area contributed by atoms with Crippen LogP contribution >= 0.6 is 0 Å². The fraction of sp³-hybridized carbons (Fsp3) is 0.294. The topological polar surface area (TPSA) is 99.0 Å².